The highest BCUT2D eigenvalue weighted by molar-refractivity contribution is 9.10. The van der Waals surface area contributed by atoms with E-state index in [1.54, 1.807) is 30.0 Å². The van der Waals surface area contributed by atoms with Crippen molar-refractivity contribution in [3.8, 4) is 0 Å². The van der Waals surface area contributed by atoms with Crippen molar-refractivity contribution < 1.29 is 9.59 Å². The fourth-order valence-corrected chi connectivity index (χ4v) is 3.67. The molecule has 1 atom stereocenters. The van der Waals surface area contributed by atoms with Gasteiger partial charge in [0.05, 0.1) is 6.42 Å². The molecule has 1 N–H and O–H groups in total. The molecule has 144 valence electrons. The van der Waals surface area contributed by atoms with Gasteiger partial charge in [0, 0.05) is 27.6 Å². The summed E-state index contributed by atoms with van der Waals surface area (Å²) in [5.41, 5.74) is 1.48. The van der Waals surface area contributed by atoms with E-state index in [1.165, 1.54) is 0 Å². The van der Waals surface area contributed by atoms with Gasteiger partial charge in [-0.05, 0) is 49.2 Å². The Kier molecular flexibility index (Phi) is 8.14. The van der Waals surface area contributed by atoms with Gasteiger partial charge in [0.2, 0.25) is 11.8 Å². The van der Waals surface area contributed by atoms with Crippen LogP contribution in [0.25, 0.3) is 0 Å². The summed E-state index contributed by atoms with van der Waals surface area (Å²) in [5, 5.41) is 3.64. The Morgan fingerprint density at radius 2 is 1.78 bits per heavy atom. The third-order valence-electron chi connectivity index (χ3n) is 4.15. The predicted octanol–water partition coefficient (Wildman–Crippen LogP) is 4.85. The number of benzene rings is 2. The third kappa shape index (κ3) is 5.96. The van der Waals surface area contributed by atoms with E-state index in [1.807, 2.05) is 31.2 Å². The highest BCUT2D eigenvalue weighted by Gasteiger charge is 2.27. The second kappa shape index (κ2) is 10.1. The fourth-order valence-electron chi connectivity index (χ4n) is 2.69. The standard InChI is InChI=1S/C20H21BrCl2N2O2/c1-3-24-20(27)13(2)25(12-14-6-4-7-15(21)10-14)19(26)11-16-17(22)8-5-9-18(16)23/h4-10,13H,3,11-12H2,1-2H3,(H,24,27)/t13-/m0/s1. The minimum atomic E-state index is -0.627. The van der Waals surface area contributed by atoms with Crippen LogP contribution in [0.4, 0.5) is 0 Å². The number of hydrogen-bond donors (Lipinski definition) is 1. The van der Waals surface area contributed by atoms with Crippen LogP contribution in [0.5, 0.6) is 0 Å². The number of nitrogens with zero attached hydrogens (tertiary/aromatic N) is 1. The Morgan fingerprint density at radius 3 is 2.37 bits per heavy atom. The molecule has 0 spiro atoms. The number of amides is 2. The first kappa shape index (κ1) is 21.7. The lowest BCUT2D eigenvalue weighted by molar-refractivity contribution is -0.140. The Balaban J connectivity index is 2.30. The van der Waals surface area contributed by atoms with Gasteiger partial charge in [-0.3, -0.25) is 9.59 Å². The quantitative estimate of drug-likeness (QED) is 0.627. The monoisotopic (exact) mass is 470 g/mol. The zero-order chi connectivity index (χ0) is 20.0. The molecule has 2 amide bonds. The second-order valence-electron chi connectivity index (χ2n) is 6.10. The van der Waals surface area contributed by atoms with Gasteiger partial charge in [-0.15, -0.1) is 0 Å². The van der Waals surface area contributed by atoms with Crippen molar-refractivity contribution in [2.45, 2.75) is 32.9 Å². The van der Waals surface area contributed by atoms with Gasteiger partial charge in [-0.25, -0.2) is 0 Å². The summed E-state index contributed by atoms with van der Waals surface area (Å²) in [4.78, 5) is 27.0. The molecule has 0 aromatic heterocycles. The molecule has 0 aliphatic rings. The Labute approximate surface area is 178 Å². The Bertz CT molecular complexity index is 809. The molecule has 2 aromatic rings. The van der Waals surface area contributed by atoms with Gasteiger partial charge in [0.1, 0.15) is 6.04 Å². The first-order valence-corrected chi connectivity index (χ1v) is 10.1. The van der Waals surface area contributed by atoms with Crippen LogP contribution in [0.3, 0.4) is 0 Å². The van der Waals surface area contributed by atoms with E-state index in [9.17, 15) is 9.59 Å². The highest BCUT2D eigenvalue weighted by atomic mass is 79.9. The molecule has 2 aromatic carbocycles. The lowest BCUT2D eigenvalue weighted by atomic mass is 10.1. The van der Waals surface area contributed by atoms with E-state index >= 15 is 0 Å². The molecule has 0 radical (unpaired) electrons. The van der Waals surface area contributed by atoms with Gasteiger partial charge in [-0.1, -0.05) is 57.3 Å². The molecule has 0 aliphatic carbocycles. The fraction of sp³-hybridized carbons (Fsp3) is 0.300. The summed E-state index contributed by atoms with van der Waals surface area (Å²) >= 11 is 15.9. The average molecular weight is 472 g/mol. The lowest BCUT2D eigenvalue weighted by Gasteiger charge is -2.29. The van der Waals surface area contributed by atoms with Crippen molar-refractivity contribution in [1.82, 2.24) is 10.2 Å². The Hall–Kier alpha value is -1.56. The Morgan fingerprint density at radius 1 is 1.15 bits per heavy atom. The lowest BCUT2D eigenvalue weighted by Crippen LogP contribution is -2.48. The zero-order valence-corrected chi connectivity index (χ0v) is 18.2. The SMILES string of the molecule is CCNC(=O)[C@H](C)N(Cc1cccc(Br)c1)C(=O)Cc1c(Cl)cccc1Cl. The first-order chi connectivity index (χ1) is 12.8. The molecule has 0 heterocycles. The van der Waals surface area contributed by atoms with Crippen LogP contribution < -0.4 is 5.32 Å². The summed E-state index contributed by atoms with van der Waals surface area (Å²) < 4.78 is 0.909. The highest BCUT2D eigenvalue weighted by Crippen LogP contribution is 2.26. The van der Waals surface area contributed by atoms with Crippen LogP contribution in [0.1, 0.15) is 25.0 Å². The molecule has 27 heavy (non-hydrogen) atoms. The van der Waals surface area contributed by atoms with Crippen molar-refractivity contribution in [2.75, 3.05) is 6.54 Å². The molecule has 4 nitrogen and oxygen atoms in total. The number of nitrogens with one attached hydrogen (secondary N) is 1. The number of rotatable bonds is 7. The van der Waals surface area contributed by atoms with E-state index in [0.717, 1.165) is 10.0 Å². The maximum atomic E-state index is 13.1. The van der Waals surface area contributed by atoms with Gasteiger partial charge in [0.25, 0.3) is 0 Å². The molecule has 0 saturated carbocycles. The molecule has 7 heteroatoms. The van der Waals surface area contributed by atoms with E-state index < -0.39 is 6.04 Å². The normalized spacial score (nSPS) is 11.7. The summed E-state index contributed by atoms with van der Waals surface area (Å²) in [7, 11) is 0. The maximum Gasteiger partial charge on any atom is 0.242 e. The van der Waals surface area contributed by atoms with Crippen molar-refractivity contribution in [2.24, 2.45) is 0 Å². The van der Waals surface area contributed by atoms with Crippen LogP contribution in [0.2, 0.25) is 10.0 Å². The molecule has 0 aliphatic heterocycles. The summed E-state index contributed by atoms with van der Waals surface area (Å²) in [5.74, 6) is -0.421. The second-order valence-corrected chi connectivity index (χ2v) is 7.83. The van der Waals surface area contributed by atoms with Crippen molar-refractivity contribution in [1.29, 1.82) is 0 Å². The van der Waals surface area contributed by atoms with Crippen LogP contribution in [-0.4, -0.2) is 29.3 Å². The summed E-state index contributed by atoms with van der Waals surface area (Å²) in [6, 6.07) is 12.1. The topological polar surface area (TPSA) is 49.4 Å². The first-order valence-electron chi connectivity index (χ1n) is 8.58. The van der Waals surface area contributed by atoms with Gasteiger partial charge < -0.3 is 10.2 Å². The van der Waals surface area contributed by atoms with Crippen molar-refractivity contribution >= 4 is 50.9 Å². The number of likely N-dealkylation sites (N-methyl/N-ethyl adjacent to an activating group) is 1. The molecule has 0 bridgehead atoms. The average Bonchev–Trinajstić information content (AvgIpc) is 2.62. The van der Waals surface area contributed by atoms with Crippen LogP contribution in [-0.2, 0) is 22.6 Å². The molecular weight excluding hydrogens is 451 g/mol. The summed E-state index contributed by atoms with van der Waals surface area (Å²) in [6.07, 6.45) is 0.0241. The largest absolute Gasteiger partial charge is 0.355 e. The number of halogens is 3. The van der Waals surface area contributed by atoms with Crippen LogP contribution in [0.15, 0.2) is 46.9 Å². The van der Waals surface area contributed by atoms with E-state index in [0.29, 0.717) is 28.7 Å². The van der Waals surface area contributed by atoms with Crippen LogP contribution >= 0.6 is 39.1 Å². The van der Waals surface area contributed by atoms with Crippen molar-refractivity contribution in [3.05, 3.63) is 68.1 Å². The number of carbonyl (C=O) groups excluding carboxylic acids is 2. The zero-order valence-electron chi connectivity index (χ0n) is 15.1. The van der Waals surface area contributed by atoms with Crippen molar-refractivity contribution in [3.63, 3.8) is 0 Å². The number of carbonyl (C=O) groups is 2. The van der Waals surface area contributed by atoms with Gasteiger partial charge in [-0.2, -0.15) is 0 Å². The van der Waals surface area contributed by atoms with Gasteiger partial charge >= 0.3 is 0 Å². The summed E-state index contributed by atoms with van der Waals surface area (Å²) in [6.45, 7) is 4.36. The van der Waals surface area contributed by atoms with E-state index in [2.05, 4.69) is 21.2 Å². The molecular formula is C20H21BrCl2N2O2. The van der Waals surface area contributed by atoms with Crippen LogP contribution in [0, 0.1) is 0 Å². The van der Waals surface area contributed by atoms with Gasteiger partial charge in [0.15, 0.2) is 0 Å². The number of hydrogen-bond acceptors (Lipinski definition) is 2. The molecule has 2 rings (SSSR count). The molecule has 0 saturated heterocycles. The third-order valence-corrected chi connectivity index (χ3v) is 5.35. The van der Waals surface area contributed by atoms with E-state index in [4.69, 9.17) is 23.2 Å². The maximum absolute atomic E-state index is 13.1. The van der Waals surface area contributed by atoms with E-state index in [-0.39, 0.29) is 18.2 Å². The molecule has 0 fully saturated rings. The predicted molar refractivity (Wildman–Crippen MR) is 113 cm³/mol. The smallest absolute Gasteiger partial charge is 0.242 e. The minimum absolute atomic E-state index is 0.0241. The minimum Gasteiger partial charge on any atom is -0.355 e. The molecule has 0 unspecified atom stereocenters.